The first-order valence-electron chi connectivity index (χ1n) is 7.95. The van der Waals surface area contributed by atoms with Gasteiger partial charge >= 0.3 is 12.0 Å². The monoisotopic (exact) mass is 401 g/mol. The van der Waals surface area contributed by atoms with Gasteiger partial charge < -0.3 is 14.8 Å². The largest absolute Gasteiger partial charge is 0.495 e. The molecule has 3 amide bonds. The molecule has 1 rings (SSSR count). The molecule has 0 saturated heterocycles. The summed E-state index contributed by atoms with van der Waals surface area (Å²) in [5.74, 6) is -1.71. The van der Waals surface area contributed by atoms with Crippen molar-refractivity contribution in [2.45, 2.75) is 37.8 Å². The molecule has 0 aliphatic carbocycles. The van der Waals surface area contributed by atoms with Crippen molar-refractivity contribution in [1.82, 2.24) is 15.4 Å². The Bertz CT molecular complexity index is 821. The zero-order chi connectivity index (χ0) is 20.8. The predicted molar refractivity (Wildman–Crippen MR) is 95.9 cm³/mol. The van der Waals surface area contributed by atoms with Gasteiger partial charge in [-0.1, -0.05) is 0 Å². The lowest BCUT2D eigenvalue weighted by Gasteiger charge is -2.15. The summed E-state index contributed by atoms with van der Waals surface area (Å²) in [5, 5.41) is 4.16. The van der Waals surface area contributed by atoms with Gasteiger partial charge in [0.2, 0.25) is 10.0 Å². The van der Waals surface area contributed by atoms with Crippen LogP contribution < -0.4 is 20.1 Å². The Morgan fingerprint density at radius 3 is 2.26 bits per heavy atom. The predicted octanol–water partition coefficient (Wildman–Crippen LogP) is 0.383. The van der Waals surface area contributed by atoms with Crippen LogP contribution in [0.1, 0.15) is 31.1 Å². The zero-order valence-corrected chi connectivity index (χ0v) is 16.5. The molecule has 0 spiro atoms. The maximum absolute atomic E-state index is 12.4. The van der Waals surface area contributed by atoms with E-state index in [1.165, 1.54) is 33.2 Å². The summed E-state index contributed by atoms with van der Waals surface area (Å²) in [6.07, 6.45) is -1.27. The van der Waals surface area contributed by atoms with Crippen LogP contribution in [0.2, 0.25) is 0 Å². The number of methoxy groups -OCH3 is 1. The van der Waals surface area contributed by atoms with E-state index in [1.54, 1.807) is 13.8 Å². The van der Waals surface area contributed by atoms with Gasteiger partial charge in [-0.2, -0.15) is 0 Å². The normalized spacial score (nSPS) is 12.2. The maximum Gasteiger partial charge on any atom is 0.338 e. The average molecular weight is 401 g/mol. The van der Waals surface area contributed by atoms with Gasteiger partial charge in [-0.05, 0) is 39.0 Å². The Morgan fingerprint density at radius 1 is 1.11 bits per heavy atom. The van der Waals surface area contributed by atoms with Crippen molar-refractivity contribution in [3.05, 3.63) is 23.8 Å². The highest BCUT2D eigenvalue weighted by Gasteiger charge is 2.25. The number of benzene rings is 1. The molecule has 1 atom stereocenters. The van der Waals surface area contributed by atoms with Crippen molar-refractivity contribution in [3.63, 3.8) is 0 Å². The van der Waals surface area contributed by atoms with Crippen LogP contribution in [0.25, 0.3) is 0 Å². The molecule has 0 radical (unpaired) electrons. The topological polar surface area (TPSA) is 140 Å². The Morgan fingerprint density at radius 2 is 1.74 bits per heavy atom. The van der Waals surface area contributed by atoms with E-state index in [1.807, 2.05) is 5.32 Å². The Hall–Kier alpha value is -2.66. The average Bonchev–Trinajstić information content (AvgIpc) is 2.59. The first-order valence-corrected chi connectivity index (χ1v) is 9.44. The van der Waals surface area contributed by atoms with Crippen LogP contribution in [0, 0.1) is 0 Å². The highest BCUT2D eigenvalue weighted by Crippen LogP contribution is 2.25. The van der Waals surface area contributed by atoms with Gasteiger partial charge in [0.05, 0.1) is 12.7 Å². The van der Waals surface area contributed by atoms with Crippen molar-refractivity contribution in [2.24, 2.45) is 0 Å². The Kier molecular flexibility index (Phi) is 7.73. The van der Waals surface area contributed by atoms with E-state index >= 15 is 0 Å². The summed E-state index contributed by atoms with van der Waals surface area (Å²) in [4.78, 5) is 34.9. The van der Waals surface area contributed by atoms with Crippen LogP contribution in [0.3, 0.4) is 0 Å². The van der Waals surface area contributed by atoms with Crippen LogP contribution in [-0.2, 0) is 19.6 Å². The lowest BCUT2D eigenvalue weighted by Crippen LogP contribution is -2.43. The maximum atomic E-state index is 12.4. The molecule has 0 aromatic heterocycles. The Labute approximate surface area is 157 Å². The third-order valence-electron chi connectivity index (χ3n) is 3.20. The highest BCUT2D eigenvalue weighted by atomic mass is 32.2. The fourth-order valence-corrected chi connectivity index (χ4v) is 3.39. The number of carbonyl (C=O) groups is 3. The molecule has 0 bridgehead atoms. The number of esters is 1. The molecule has 0 aliphatic rings. The van der Waals surface area contributed by atoms with Gasteiger partial charge in [-0.3, -0.25) is 10.1 Å². The molecule has 0 heterocycles. The molecule has 150 valence electrons. The number of carbonyl (C=O) groups excluding carboxylic acids is 3. The van der Waals surface area contributed by atoms with Crippen LogP contribution >= 0.6 is 0 Å². The molecular weight excluding hydrogens is 378 g/mol. The summed E-state index contributed by atoms with van der Waals surface area (Å²) < 4.78 is 37.3. The number of sulfonamides is 1. The second-order valence-corrected chi connectivity index (χ2v) is 7.44. The van der Waals surface area contributed by atoms with Crippen LogP contribution in [0.4, 0.5) is 4.79 Å². The molecular formula is C16H23N3O7S. The minimum Gasteiger partial charge on any atom is -0.495 e. The number of nitrogens with one attached hydrogen (secondary N) is 3. The van der Waals surface area contributed by atoms with Crippen LogP contribution in [0.15, 0.2) is 23.1 Å². The van der Waals surface area contributed by atoms with Gasteiger partial charge in [-0.15, -0.1) is 0 Å². The second kappa shape index (κ2) is 9.33. The standard InChI is InChI=1S/C16H23N3O7S/c1-9(2)19-27(23,24)13-8-11(6-7-12(13)25-5)15(21)26-10(3)14(20)18-16(22)17-4/h6-10,19H,1-5H3,(H2,17,18,20,22). The van der Waals surface area contributed by atoms with E-state index in [0.29, 0.717) is 0 Å². The molecule has 1 aromatic rings. The SMILES string of the molecule is CNC(=O)NC(=O)C(C)OC(=O)c1ccc(OC)c(S(=O)(=O)NC(C)C)c1. The van der Waals surface area contributed by atoms with Gasteiger partial charge in [0.15, 0.2) is 6.10 Å². The minimum atomic E-state index is -3.94. The summed E-state index contributed by atoms with van der Waals surface area (Å²) in [6, 6.07) is 2.58. The molecule has 1 aromatic carbocycles. The summed E-state index contributed by atoms with van der Waals surface area (Å²) in [6.45, 7) is 4.57. The van der Waals surface area contributed by atoms with Crippen molar-refractivity contribution in [1.29, 1.82) is 0 Å². The van der Waals surface area contributed by atoms with Crippen LogP contribution in [-0.4, -0.2) is 52.6 Å². The quantitative estimate of drug-likeness (QED) is 0.561. The molecule has 0 saturated carbocycles. The number of ether oxygens (including phenoxy) is 2. The van der Waals surface area contributed by atoms with E-state index in [9.17, 15) is 22.8 Å². The molecule has 1 unspecified atom stereocenters. The lowest BCUT2D eigenvalue weighted by atomic mass is 10.2. The van der Waals surface area contributed by atoms with Crippen molar-refractivity contribution >= 4 is 27.9 Å². The van der Waals surface area contributed by atoms with E-state index in [-0.39, 0.29) is 22.3 Å². The van der Waals surface area contributed by atoms with Crippen molar-refractivity contribution in [3.8, 4) is 5.75 Å². The first kappa shape index (κ1) is 22.4. The first-order chi connectivity index (χ1) is 12.5. The smallest absolute Gasteiger partial charge is 0.338 e. The molecule has 3 N–H and O–H groups in total. The highest BCUT2D eigenvalue weighted by molar-refractivity contribution is 7.89. The number of hydrogen-bond donors (Lipinski definition) is 3. The summed E-state index contributed by atoms with van der Waals surface area (Å²) >= 11 is 0. The van der Waals surface area contributed by atoms with E-state index in [0.717, 1.165) is 6.07 Å². The number of rotatable bonds is 7. The van der Waals surface area contributed by atoms with Gasteiger partial charge in [0, 0.05) is 13.1 Å². The van der Waals surface area contributed by atoms with Crippen molar-refractivity contribution in [2.75, 3.05) is 14.2 Å². The van der Waals surface area contributed by atoms with Gasteiger partial charge in [0.1, 0.15) is 10.6 Å². The third kappa shape index (κ3) is 6.22. The molecule has 27 heavy (non-hydrogen) atoms. The number of amides is 3. The van der Waals surface area contributed by atoms with Gasteiger partial charge in [-0.25, -0.2) is 22.7 Å². The molecule has 11 heteroatoms. The number of hydrogen-bond acceptors (Lipinski definition) is 7. The fourth-order valence-electron chi connectivity index (χ4n) is 1.95. The van der Waals surface area contributed by atoms with Gasteiger partial charge in [0.25, 0.3) is 5.91 Å². The van der Waals surface area contributed by atoms with E-state index in [4.69, 9.17) is 9.47 Å². The molecule has 10 nitrogen and oxygen atoms in total. The lowest BCUT2D eigenvalue weighted by molar-refractivity contribution is -0.127. The summed E-state index contributed by atoms with van der Waals surface area (Å²) in [5.41, 5.74) is -0.0977. The molecule has 0 aliphatic heterocycles. The van der Waals surface area contributed by atoms with Crippen molar-refractivity contribution < 1.29 is 32.3 Å². The second-order valence-electron chi connectivity index (χ2n) is 5.76. The van der Waals surface area contributed by atoms with E-state index in [2.05, 4.69) is 10.0 Å². The minimum absolute atomic E-state index is 0.0464. The Balaban J connectivity index is 3.07. The number of urea groups is 1. The van der Waals surface area contributed by atoms with Crippen LogP contribution in [0.5, 0.6) is 5.75 Å². The molecule has 0 fully saturated rings. The summed E-state index contributed by atoms with van der Waals surface area (Å²) in [7, 11) is -1.32. The van der Waals surface area contributed by atoms with E-state index < -0.39 is 34.0 Å². The number of imide groups is 1. The third-order valence-corrected chi connectivity index (χ3v) is 4.88. The zero-order valence-electron chi connectivity index (χ0n) is 15.7. The fraction of sp³-hybridized carbons (Fsp3) is 0.438.